The van der Waals surface area contributed by atoms with E-state index in [0.29, 0.717) is 18.2 Å². The molecule has 0 radical (unpaired) electrons. The quantitative estimate of drug-likeness (QED) is 0.836. The number of aliphatic hydroxyl groups is 1. The third-order valence-electron chi connectivity index (χ3n) is 3.02. The first-order chi connectivity index (χ1) is 8.63. The van der Waals surface area contributed by atoms with Gasteiger partial charge in [0.15, 0.2) is 0 Å². The Morgan fingerprint density at radius 1 is 1.44 bits per heavy atom. The number of hydrogen-bond donors (Lipinski definition) is 1. The summed E-state index contributed by atoms with van der Waals surface area (Å²) in [5, 5.41) is 9.06. The highest BCUT2D eigenvalue weighted by Crippen LogP contribution is 2.30. The van der Waals surface area contributed by atoms with Crippen molar-refractivity contribution in [1.82, 2.24) is 9.88 Å². The van der Waals surface area contributed by atoms with Crippen molar-refractivity contribution in [2.75, 3.05) is 32.1 Å². The van der Waals surface area contributed by atoms with Gasteiger partial charge in [-0.05, 0) is 25.0 Å². The number of hydrogen-bond acceptors (Lipinski definition) is 4. The van der Waals surface area contributed by atoms with Crippen molar-refractivity contribution in [3.05, 3.63) is 23.9 Å². The molecule has 2 rings (SSSR count). The molecule has 1 fully saturated rings. The van der Waals surface area contributed by atoms with Crippen molar-refractivity contribution >= 4 is 11.7 Å². The maximum Gasteiger partial charge on any atom is 0.254 e. The Bertz CT molecular complexity index is 413. The van der Waals surface area contributed by atoms with Gasteiger partial charge in [0.1, 0.15) is 5.82 Å². The number of pyridine rings is 1. The van der Waals surface area contributed by atoms with Crippen LogP contribution in [-0.2, 0) is 0 Å². The van der Waals surface area contributed by atoms with E-state index in [1.807, 2.05) is 6.07 Å². The molecule has 1 aliphatic carbocycles. The van der Waals surface area contributed by atoms with Crippen molar-refractivity contribution in [3.8, 4) is 0 Å². The number of nitrogens with zero attached hydrogens (tertiary/aromatic N) is 3. The molecule has 1 amide bonds. The van der Waals surface area contributed by atoms with E-state index in [1.54, 1.807) is 26.4 Å². The standard InChI is InChI=1S/C13H19N3O2/c1-15(2)13(18)10-3-6-12(14-9-10)16(7-8-17)11-4-5-11/h3,6,9,11,17H,4-5,7-8H2,1-2H3. The van der Waals surface area contributed by atoms with Crippen molar-refractivity contribution in [1.29, 1.82) is 0 Å². The van der Waals surface area contributed by atoms with E-state index in [2.05, 4.69) is 9.88 Å². The van der Waals surface area contributed by atoms with E-state index in [4.69, 9.17) is 5.11 Å². The first-order valence-corrected chi connectivity index (χ1v) is 6.18. The van der Waals surface area contributed by atoms with E-state index < -0.39 is 0 Å². The minimum absolute atomic E-state index is 0.0471. The van der Waals surface area contributed by atoms with Crippen LogP contribution < -0.4 is 4.90 Å². The Morgan fingerprint density at radius 3 is 2.61 bits per heavy atom. The van der Waals surface area contributed by atoms with Crippen LogP contribution in [0.3, 0.4) is 0 Å². The molecule has 0 saturated heterocycles. The van der Waals surface area contributed by atoms with Gasteiger partial charge in [-0.15, -0.1) is 0 Å². The zero-order chi connectivity index (χ0) is 13.1. The minimum atomic E-state index is -0.0471. The summed E-state index contributed by atoms with van der Waals surface area (Å²) in [7, 11) is 3.44. The van der Waals surface area contributed by atoms with Crippen LogP contribution >= 0.6 is 0 Å². The van der Waals surface area contributed by atoms with E-state index >= 15 is 0 Å². The van der Waals surface area contributed by atoms with Gasteiger partial charge in [-0.3, -0.25) is 4.79 Å². The largest absolute Gasteiger partial charge is 0.395 e. The summed E-state index contributed by atoms with van der Waals surface area (Å²) in [5.74, 6) is 0.788. The molecule has 1 aliphatic rings. The number of aliphatic hydroxyl groups excluding tert-OH is 1. The van der Waals surface area contributed by atoms with E-state index in [9.17, 15) is 4.79 Å². The van der Waals surface area contributed by atoms with Crippen LogP contribution in [0.1, 0.15) is 23.2 Å². The van der Waals surface area contributed by atoms with Crippen LogP contribution in [0.4, 0.5) is 5.82 Å². The summed E-state index contributed by atoms with van der Waals surface area (Å²) in [6.45, 7) is 0.717. The highest BCUT2D eigenvalue weighted by molar-refractivity contribution is 5.93. The summed E-state index contributed by atoms with van der Waals surface area (Å²) in [6.07, 6.45) is 3.91. The number of carbonyl (C=O) groups is 1. The zero-order valence-electron chi connectivity index (χ0n) is 10.8. The van der Waals surface area contributed by atoms with Gasteiger partial charge in [-0.25, -0.2) is 4.98 Å². The molecule has 0 spiro atoms. The fourth-order valence-corrected chi connectivity index (χ4v) is 1.92. The second-order valence-corrected chi connectivity index (χ2v) is 4.75. The summed E-state index contributed by atoms with van der Waals surface area (Å²) in [4.78, 5) is 19.7. The van der Waals surface area contributed by atoms with Gasteiger partial charge in [-0.1, -0.05) is 0 Å². The summed E-state index contributed by atoms with van der Waals surface area (Å²) in [6, 6.07) is 4.14. The zero-order valence-corrected chi connectivity index (χ0v) is 10.8. The number of rotatable bonds is 5. The second-order valence-electron chi connectivity index (χ2n) is 4.75. The lowest BCUT2D eigenvalue weighted by Crippen LogP contribution is -2.30. The molecular weight excluding hydrogens is 230 g/mol. The van der Waals surface area contributed by atoms with Crippen LogP contribution in [0.15, 0.2) is 18.3 Å². The molecule has 5 heteroatoms. The van der Waals surface area contributed by atoms with Crippen LogP contribution in [0.25, 0.3) is 0 Å². The van der Waals surface area contributed by atoms with E-state index in [1.165, 1.54) is 4.90 Å². The summed E-state index contributed by atoms with van der Waals surface area (Å²) >= 11 is 0. The number of aromatic nitrogens is 1. The molecule has 0 aromatic carbocycles. The smallest absolute Gasteiger partial charge is 0.254 e. The second kappa shape index (κ2) is 5.35. The first-order valence-electron chi connectivity index (χ1n) is 6.18. The lowest BCUT2D eigenvalue weighted by Gasteiger charge is -2.22. The van der Waals surface area contributed by atoms with Crippen LogP contribution in [-0.4, -0.2) is 54.2 Å². The molecule has 1 N–H and O–H groups in total. The van der Waals surface area contributed by atoms with Gasteiger partial charge < -0.3 is 14.9 Å². The SMILES string of the molecule is CN(C)C(=O)c1ccc(N(CCO)C2CC2)nc1. The van der Waals surface area contributed by atoms with Crippen molar-refractivity contribution in [2.45, 2.75) is 18.9 Å². The highest BCUT2D eigenvalue weighted by Gasteiger charge is 2.29. The van der Waals surface area contributed by atoms with E-state index in [0.717, 1.165) is 18.7 Å². The van der Waals surface area contributed by atoms with Gasteiger partial charge in [0.25, 0.3) is 5.91 Å². The first kappa shape index (κ1) is 12.8. The van der Waals surface area contributed by atoms with Crippen molar-refractivity contribution < 1.29 is 9.90 Å². The Kier molecular flexibility index (Phi) is 3.81. The molecule has 98 valence electrons. The summed E-state index contributed by atoms with van der Waals surface area (Å²) < 4.78 is 0. The summed E-state index contributed by atoms with van der Waals surface area (Å²) in [5.41, 5.74) is 0.587. The van der Waals surface area contributed by atoms with Gasteiger partial charge >= 0.3 is 0 Å². The molecular formula is C13H19N3O2. The topological polar surface area (TPSA) is 56.7 Å². The average Bonchev–Trinajstić information content (AvgIpc) is 3.19. The van der Waals surface area contributed by atoms with Gasteiger partial charge in [0, 0.05) is 32.9 Å². The normalized spacial score (nSPS) is 14.4. The maximum absolute atomic E-state index is 11.7. The van der Waals surface area contributed by atoms with Crippen molar-refractivity contribution in [3.63, 3.8) is 0 Å². The Hall–Kier alpha value is -1.62. The maximum atomic E-state index is 11.7. The molecule has 5 nitrogen and oxygen atoms in total. The Morgan fingerprint density at radius 2 is 2.17 bits per heavy atom. The molecule has 1 heterocycles. The molecule has 0 aliphatic heterocycles. The highest BCUT2D eigenvalue weighted by atomic mass is 16.3. The van der Waals surface area contributed by atoms with Gasteiger partial charge in [0.05, 0.1) is 12.2 Å². The van der Waals surface area contributed by atoms with Crippen molar-refractivity contribution in [2.24, 2.45) is 0 Å². The fraction of sp³-hybridized carbons (Fsp3) is 0.538. The Labute approximate surface area is 107 Å². The lowest BCUT2D eigenvalue weighted by atomic mass is 10.2. The monoisotopic (exact) mass is 249 g/mol. The van der Waals surface area contributed by atoms with Gasteiger partial charge in [0.2, 0.25) is 0 Å². The predicted octanol–water partition coefficient (Wildman–Crippen LogP) is 0.744. The van der Waals surface area contributed by atoms with Crippen LogP contribution in [0, 0.1) is 0 Å². The third-order valence-corrected chi connectivity index (χ3v) is 3.02. The number of carbonyl (C=O) groups excluding carboxylic acids is 1. The van der Waals surface area contributed by atoms with Crippen LogP contribution in [0.5, 0.6) is 0 Å². The predicted molar refractivity (Wildman–Crippen MR) is 69.7 cm³/mol. The number of anilines is 1. The molecule has 1 aromatic heterocycles. The fourth-order valence-electron chi connectivity index (χ4n) is 1.92. The van der Waals surface area contributed by atoms with Gasteiger partial charge in [-0.2, -0.15) is 0 Å². The molecule has 0 bridgehead atoms. The third kappa shape index (κ3) is 2.79. The lowest BCUT2D eigenvalue weighted by molar-refractivity contribution is 0.0827. The van der Waals surface area contributed by atoms with E-state index in [-0.39, 0.29) is 12.5 Å². The van der Waals surface area contributed by atoms with Crippen LogP contribution in [0.2, 0.25) is 0 Å². The molecule has 0 atom stereocenters. The molecule has 1 saturated carbocycles. The number of amides is 1. The molecule has 0 unspecified atom stereocenters. The molecule has 18 heavy (non-hydrogen) atoms. The average molecular weight is 249 g/mol. The Balaban J connectivity index is 2.12. The molecule has 1 aromatic rings. The minimum Gasteiger partial charge on any atom is -0.395 e.